The molecule has 5 aromatic rings. The second-order valence-corrected chi connectivity index (χ2v) is 9.49. The van der Waals surface area contributed by atoms with Gasteiger partial charge in [-0.15, -0.1) is 0 Å². The van der Waals surface area contributed by atoms with Crippen LogP contribution in [0.3, 0.4) is 0 Å². The lowest BCUT2D eigenvalue weighted by molar-refractivity contribution is -0.129. The summed E-state index contributed by atoms with van der Waals surface area (Å²) in [5.41, 5.74) is 5.87. The minimum absolute atomic E-state index is 0.367. The number of aryl methyl sites for hydroxylation is 1. The van der Waals surface area contributed by atoms with Crippen LogP contribution in [0.4, 0.5) is 0 Å². The SMILES string of the molecule is Cc1nc(-c2ccc3c(c2)C(O)(O)c2ccccc2-3)nc(-c2ccc3c(c2)C(O)(O)c2ccccc2-3)n1. The van der Waals surface area contributed by atoms with E-state index in [4.69, 9.17) is 0 Å². The predicted octanol–water partition coefficient (Wildman–Crippen LogP) is 3.85. The first-order valence-electron chi connectivity index (χ1n) is 11.9. The molecule has 7 rings (SSSR count). The smallest absolute Gasteiger partial charge is 0.218 e. The van der Waals surface area contributed by atoms with E-state index < -0.39 is 11.6 Å². The van der Waals surface area contributed by atoms with Crippen LogP contribution in [0.15, 0.2) is 84.9 Å². The Morgan fingerprint density at radius 1 is 0.486 bits per heavy atom. The van der Waals surface area contributed by atoms with Gasteiger partial charge in [-0.2, -0.15) is 0 Å². The Morgan fingerprint density at radius 3 is 1.35 bits per heavy atom. The fraction of sp³-hybridized carbons (Fsp3) is 0.100. The molecule has 0 saturated heterocycles. The zero-order chi connectivity index (χ0) is 25.5. The van der Waals surface area contributed by atoms with Gasteiger partial charge in [0.25, 0.3) is 0 Å². The number of nitrogens with zero attached hydrogens (tertiary/aromatic N) is 3. The third-order valence-electron chi connectivity index (χ3n) is 7.24. The Bertz CT molecular complexity index is 1640. The van der Waals surface area contributed by atoms with E-state index in [1.807, 2.05) is 48.5 Å². The molecule has 0 fully saturated rings. The number of aromatic nitrogens is 3. The number of fused-ring (bicyclic) bond motifs is 6. The second-order valence-electron chi connectivity index (χ2n) is 9.49. The molecule has 0 saturated carbocycles. The highest BCUT2D eigenvalue weighted by atomic mass is 16.5. The molecule has 7 heteroatoms. The Labute approximate surface area is 212 Å². The molecular formula is C30H21N3O4. The van der Waals surface area contributed by atoms with Gasteiger partial charge in [0.1, 0.15) is 5.82 Å². The summed E-state index contributed by atoms with van der Waals surface area (Å²) >= 11 is 0. The largest absolute Gasteiger partial charge is 0.358 e. The van der Waals surface area contributed by atoms with Crippen LogP contribution in [0, 0.1) is 6.92 Å². The minimum atomic E-state index is -2.12. The molecule has 4 aromatic carbocycles. The molecule has 0 amide bonds. The number of rotatable bonds is 2. The van der Waals surface area contributed by atoms with E-state index >= 15 is 0 Å². The summed E-state index contributed by atoms with van der Waals surface area (Å²) in [4.78, 5) is 13.7. The van der Waals surface area contributed by atoms with Gasteiger partial charge in [-0.05, 0) is 41.3 Å². The fourth-order valence-electron chi connectivity index (χ4n) is 5.49. The zero-order valence-electron chi connectivity index (χ0n) is 19.7. The average molecular weight is 488 g/mol. The van der Waals surface area contributed by atoms with Crippen molar-refractivity contribution in [1.82, 2.24) is 15.0 Å². The van der Waals surface area contributed by atoms with E-state index in [1.54, 1.807) is 43.3 Å². The fourth-order valence-corrected chi connectivity index (χ4v) is 5.49. The molecule has 2 aliphatic rings. The van der Waals surface area contributed by atoms with E-state index in [-0.39, 0.29) is 0 Å². The standard InChI is InChI=1S/C30H21N3O4/c1-16-31-27(17-10-12-21-19-6-2-4-8-23(19)29(34,35)25(21)14-17)33-28(32-16)18-11-13-22-20-7-3-5-9-24(20)30(36,37)26(22)15-18/h2-15,34-37H,1H3. The van der Waals surface area contributed by atoms with Gasteiger partial charge < -0.3 is 20.4 Å². The Morgan fingerprint density at radius 2 is 0.892 bits per heavy atom. The van der Waals surface area contributed by atoms with E-state index in [1.165, 1.54) is 0 Å². The molecule has 0 spiro atoms. The summed E-state index contributed by atoms with van der Waals surface area (Å²) in [6, 6.07) is 25.2. The van der Waals surface area contributed by atoms with Crippen LogP contribution in [0.2, 0.25) is 0 Å². The van der Waals surface area contributed by atoms with Gasteiger partial charge in [-0.25, -0.2) is 15.0 Å². The summed E-state index contributed by atoms with van der Waals surface area (Å²) < 4.78 is 0. The van der Waals surface area contributed by atoms with Crippen LogP contribution < -0.4 is 0 Å². The zero-order valence-corrected chi connectivity index (χ0v) is 19.7. The molecule has 37 heavy (non-hydrogen) atoms. The Kier molecular flexibility index (Phi) is 4.38. The maximum absolute atomic E-state index is 10.9. The van der Waals surface area contributed by atoms with Crippen molar-refractivity contribution in [2.24, 2.45) is 0 Å². The van der Waals surface area contributed by atoms with Crippen molar-refractivity contribution < 1.29 is 20.4 Å². The summed E-state index contributed by atoms with van der Waals surface area (Å²) in [7, 11) is 0. The van der Waals surface area contributed by atoms with Gasteiger partial charge in [-0.3, -0.25) is 0 Å². The van der Waals surface area contributed by atoms with Crippen LogP contribution >= 0.6 is 0 Å². The summed E-state index contributed by atoms with van der Waals surface area (Å²) in [6.07, 6.45) is 0. The number of benzene rings is 4. The van der Waals surface area contributed by atoms with Gasteiger partial charge in [0.15, 0.2) is 11.6 Å². The second kappa shape index (κ2) is 7.38. The first-order chi connectivity index (χ1) is 17.7. The average Bonchev–Trinajstić information content (AvgIpc) is 3.28. The van der Waals surface area contributed by atoms with Gasteiger partial charge in [-0.1, -0.05) is 72.8 Å². The topological polar surface area (TPSA) is 120 Å². The van der Waals surface area contributed by atoms with Crippen molar-refractivity contribution in [3.05, 3.63) is 113 Å². The molecule has 180 valence electrons. The van der Waals surface area contributed by atoms with Gasteiger partial charge in [0, 0.05) is 33.4 Å². The van der Waals surface area contributed by atoms with Crippen molar-refractivity contribution in [2.75, 3.05) is 0 Å². The quantitative estimate of drug-likeness (QED) is 0.279. The van der Waals surface area contributed by atoms with Crippen LogP contribution in [-0.2, 0) is 11.6 Å². The Balaban J connectivity index is 1.33. The minimum Gasteiger partial charge on any atom is -0.358 e. The van der Waals surface area contributed by atoms with Crippen LogP contribution in [0.5, 0.6) is 0 Å². The number of hydrogen-bond acceptors (Lipinski definition) is 7. The van der Waals surface area contributed by atoms with Crippen molar-refractivity contribution in [3.8, 4) is 45.0 Å². The monoisotopic (exact) mass is 487 g/mol. The van der Waals surface area contributed by atoms with Crippen LogP contribution in [0.25, 0.3) is 45.0 Å². The maximum atomic E-state index is 10.9. The summed E-state index contributed by atoms with van der Waals surface area (Å²) in [5, 5.41) is 43.7. The summed E-state index contributed by atoms with van der Waals surface area (Å²) in [6.45, 7) is 1.76. The molecule has 0 bridgehead atoms. The van der Waals surface area contributed by atoms with Gasteiger partial charge in [0.2, 0.25) is 11.6 Å². The molecule has 1 heterocycles. The maximum Gasteiger partial charge on any atom is 0.218 e. The van der Waals surface area contributed by atoms with Gasteiger partial charge >= 0.3 is 0 Å². The molecule has 0 atom stereocenters. The molecule has 0 unspecified atom stereocenters. The normalized spacial score (nSPS) is 15.6. The van der Waals surface area contributed by atoms with E-state index in [0.717, 1.165) is 22.3 Å². The third-order valence-corrected chi connectivity index (χ3v) is 7.24. The lowest BCUT2D eigenvalue weighted by atomic mass is 10.0. The number of hydrogen-bond donors (Lipinski definition) is 4. The van der Waals surface area contributed by atoms with Crippen molar-refractivity contribution in [1.29, 1.82) is 0 Å². The molecule has 2 aliphatic carbocycles. The van der Waals surface area contributed by atoms with Crippen LogP contribution in [-0.4, -0.2) is 35.4 Å². The van der Waals surface area contributed by atoms with Crippen LogP contribution in [0.1, 0.15) is 28.1 Å². The third kappa shape index (κ3) is 3.06. The van der Waals surface area contributed by atoms with E-state index in [2.05, 4.69) is 15.0 Å². The molecule has 7 nitrogen and oxygen atoms in total. The first-order valence-corrected chi connectivity index (χ1v) is 11.9. The lowest BCUT2D eigenvalue weighted by Crippen LogP contribution is -2.23. The van der Waals surface area contributed by atoms with Gasteiger partial charge in [0.05, 0.1) is 0 Å². The number of aliphatic hydroxyl groups is 4. The van der Waals surface area contributed by atoms with E-state index in [0.29, 0.717) is 50.9 Å². The molecule has 1 aromatic heterocycles. The molecular weight excluding hydrogens is 466 g/mol. The molecule has 0 radical (unpaired) electrons. The highest BCUT2D eigenvalue weighted by molar-refractivity contribution is 5.83. The highest BCUT2D eigenvalue weighted by Crippen LogP contribution is 2.48. The van der Waals surface area contributed by atoms with Crippen molar-refractivity contribution >= 4 is 0 Å². The van der Waals surface area contributed by atoms with Crippen molar-refractivity contribution in [3.63, 3.8) is 0 Å². The van der Waals surface area contributed by atoms with E-state index in [9.17, 15) is 20.4 Å². The Hall–Kier alpha value is -4.27. The molecule has 4 N–H and O–H groups in total. The summed E-state index contributed by atoms with van der Waals surface area (Å²) in [5.74, 6) is -3.01. The predicted molar refractivity (Wildman–Crippen MR) is 137 cm³/mol. The van der Waals surface area contributed by atoms with Crippen molar-refractivity contribution in [2.45, 2.75) is 18.5 Å². The molecule has 0 aliphatic heterocycles. The first kappa shape index (κ1) is 22.0. The highest BCUT2D eigenvalue weighted by Gasteiger charge is 2.41. The lowest BCUT2D eigenvalue weighted by Gasteiger charge is -2.19.